The number of benzene rings is 3. The van der Waals surface area contributed by atoms with Gasteiger partial charge in [-0.2, -0.15) is 0 Å². The van der Waals surface area contributed by atoms with Crippen molar-refractivity contribution in [3.8, 4) is 0 Å². The number of anilines is 3. The molecule has 1 amide bonds. The van der Waals surface area contributed by atoms with Crippen molar-refractivity contribution in [2.45, 2.75) is 37.0 Å². The van der Waals surface area contributed by atoms with Gasteiger partial charge < -0.3 is 10.2 Å². The van der Waals surface area contributed by atoms with E-state index in [9.17, 15) is 13.2 Å². The molecule has 0 unspecified atom stereocenters. The van der Waals surface area contributed by atoms with E-state index in [1.165, 1.54) is 29.6 Å². The summed E-state index contributed by atoms with van der Waals surface area (Å²) in [6.07, 6.45) is 5.33. The third kappa shape index (κ3) is 4.53. The van der Waals surface area contributed by atoms with Gasteiger partial charge in [-0.1, -0.05) is 24.3 Å². The van der Waals surface area contributed by atoms with Crippen molar-refractivity contribution in [3.05, 3.63) is 83.9 Å². The predicted octanol–water partition coefficient (Wildman–Crippen LogP) is 5.07. The van der Waals surface area contributed by atoms with Gasteiger partial charge in [0.1, 0.15) is 0 Å². The smallest absolute Gasteiger partial charge is 0.264 e. The van der Waals surface area contributed by atoms with Gasteiger partial charge in [0.2, 0.25) is 0 Å². The van der Waals surface area contributed by atoms with Crippen LogP contribution < -0.4 is 14.5 Å². The maximum Gasteiger partial charge on any atom is 0.264 e. The Morgan fingerprint density at radius 3 is 2.35 bits per heavy atom. The number of piperidine rings is 1. The van der Waals surface area contributed by atoms with Gasteiger partial charge in [0.15, 0.2) is 0 Å². The number of aryl methyl sites for hydroxylation is 1. The molecule has 0 spiro atoms. The zero-order valence-electron chi connectivity index (χ0n) is 19.1. The largest absolute Gasteiger partial charge is 0.372 e. The van der Waals surface area contributed by atoms with E-state index in [1.807, 2.05) is 48.5 Å². The van der Waals surface area contributed by atoms with Gasteiger partial charge >= 0.3 is 0 Å². The third-order valence-corrected chi connectivity index (χ3v) is 8.41. The zero-order valence-corrected chi connectivity index (χ0v) is 19.9. The maximum atomic E-state index is 13.5. The van der Waals surface area contributed by atoms with Crippen LogP contribution in [0.4, 0.5) is 17.1 Å². The van der Waals surface area contributed by atoms with Crippen LogP contribution in [0.1, 0.15) is 41.6 Å². The number of rotatable bonds is 5. The molecule has 0 atom stereocenters. The van der Waals surface area contributed by atoms with Crippen LogP contribution in [0.15, 0.2) is 77.7 Å². The summed E-state index contributed by atoms with van der Waals surface area (Å²) in [4.78, 5) is 15.4. The Kier molecular flexibility index (Phi) is 6.28. The highest BCUT2D eigenvalue weighted by molar-refractivity contribution is 7.92. The van der Waals surface area contributed by atoms with E-state index in [4.69, 9.17) is 0 Å². The molecule has 0 radical (unpaired) electrons. The van der Waals surface area contributed by atoms with Gasteiger partial charge in [-0.25, -0.2) is 8.42 Å². The Labute approximate surface area is 201 Å². The molecular weight excluding hydrogens is 446 g/mol. The Balaban J connectivity index is 1.33. The number of fused-ring (bicyclic) bond motifs is 1. The molecule has 176 valence electrons. The summed E-state index contributed by atoms with van der Waals surface area (Å²) in [6.45, 7) is 2.56. The zero-order chi connectivity index (χ0) is 23.5. The van der Waals surface area contributed by atoms with Gasteiger partial charge in [-0.3, -0.25) is 9.10 Å². The van der Waals surface area contributed by atoms with Crippen molar-refractivity contribution < 1.29 is 13.2 Å². The van der Waals surface area contributed by atoms with Gasteiger partial charge in [0.05, 0.1) is 10.6 Å². The number of para-hydroxylation sites is 1. The van der Waals surface area contributed by atoms with Crippen molar-refractivity contribution >= 4 is 33.0 Å². The standard InChI is InChI=1S/C27H29N3O3S/c31-27(28-23-13-15-24(16-14-23)29-17-4-1-5-18-29)22-9-6-11-25(20-22)34(32,33)30-19-7-10-21-8-2-3-12-26(21)30/h2-3,6,8-9,11-16,20H,1,4-5,7,10,17-19H2,(H,28,31). The van der Waals surface area contributed by atoms with Crippen LogP contribution in [0.2, 0.25) is 0 Å². The molecular formula is C27H29N3O3S. The lowest BCUT2D eigenvalue weighted by molar-refractivity contribution is 0.102. The summed E-state index contributed by atoms with van der Waals surface area (Å²) in [7, 11) is -3.77. The van der Waals surface area contributed by atoms with Crippen molar-refractivity contribution in [2.75, 3.05) is 34.2 Å². The minimum atomic E-state index is -3.77. The topological polar surface area (TPSA) is 69.7 Å². The molecule has 5 rings (SSSR count). The van der Waals surface area contributed by atoms with Crippen LogP contribution in [0.3, 0.4) is 0 Å². The van der Waals surface area contributed by atoms with E-state index < -0.39 is 10.0 Å². The predicted molar refractivity (Wildman–Crippen MR) is 136 cm³/mol. The first-order valence-corrected chi connectivity index (χ1v) is 13.3. The molecule has 7 heteroatoms. The molecule has 3 aromatic carbocycles. The third-order valence-electron chi connectivity index (χ3n) is 6.60. The SMILES string of the molecule is O=C(Nc1ccc(N2CCCCC2)cc1)c1cccc(S(=O)(=O)N2CCCc3ccccc32)c1. The van der Waals surface area contributed by atoms with Crippen LogP contribution in [-0.4, -0.2) is 34.0 Å². The van der Waals surface area contributed by atoms with Gasteiger partial charge in [0, 0.05) is 36.6 Å². The highest BCUT2D eigenvalue weighted by Crippen LogP contribution is 2.32. The fraction of sp³-hybridized carbons (Fsp3) is 0.296. The number of hydrogen-bond acceptors (Lipinski definition) is 4. The van der Waals surface area contributed by atoms with Crippen molar-refractivity contribution in [1.29, 1.82) is 0 Å². The fourth-order valence-electron chi connectivity index (χ4n) is 4.78. The second-order valence-corrected chi connectivity index (χ2v) is 10.7. The summed E-state index contributed by atoms with van der Waals surface area (Å²) in [5.74, 6) is -0.332. The average molecular weight is 476 g/mol. The highest BCUT2D eigenvalue weighted by atomic mass is 32.2. The van der Waals surface area contributed by atoms with E-state index in [0.717, 1.165) is 42.9 Å². The summed E-state index contributed by atoms with van der Waals surface area (Å²) in [5, 5.41) is 2.90. The second-order valence-electron chi connectivity index (χ2n) is 8.89. The number of nitrogens with one attached hydrogen (secondary N) is 1. The van der Waals surface area contributed by atoms with Gasteiger partial charge in [0.25, 0.3) is 15.9 Å². The maximum absolute atomic E-state index is 13.5. The van der Waals surface area contributed by atoms with Crippen LogP contribution in [0.25, 0.3) is 0 Å². The lowest BCUT2D eigenvalue weighted by Gasteiger charge is -2.30. The summed E-state index contributed by atoms with van der Waals surface area (Å²) in [6, 6.07) is 21.7. The van der Waals surface area contributed by atoms with Crippen LogP contribution in [0.5, 0.6) is 0 Å². The number of hydrogen-bond donors (Lipinski definition) is 1. The number of amides is 1. The van der Waals surface area contributed by atoms with Crippen LogP contribution in [0, 0.1) is 0 Å². The molecule has 2 aliphatic rings. The molecule has 0 bridgehead atoms. The van der Waals surface area contributed by atoms with Crippen LogP contribution >= 0.6 is 0 Å². The summed E-state index contributed by atoms with van der Waals surface area (Å²) < 4.78 is 28.4. The number of carbonyl (C=O) groups is 1. The van der Waals surface area contributed by atoms with Crippen molar-refractivity contribution in [3.63, 3.8) is 0 Å². The van der Waals surface area contributed by atoms with E-state index in [0.29, 0.717) is 17.8 Å². The fourth-order valence-corrected chi connectivity index (χ4v) is 6.37. The summed E-state index contributed by atoms with van der Waals surface area (Å²) >= 11 is 0. The second kappa shape index (κ2) is 9.50. The molecule has 2 aliphatic heterocycles. The normalized spacial score (nSPS) is 16.1. The van der Waals surface area contributed by atoms with Crippen molar-refractivity contribution in [1.82, 2.24) is 0 Å². The minimum absolute atomic E-state index is 0.122. The van der Waals surface area contributed by atoms with E-state index in [2.05, 4.69) is 10.2 Å². The minimum Gasteiger partial charge on any atom is -0.372 e. The molecule has 1 fully saturated rings. The average Bonchev–Trinajstić information content (AvgIpc) is 2.89. The first-order chi connectivity index (χ1) is 16.5. The first kappa shape index (κ1) is 22.5. The molecule has 0 aromatic heterocycles. The Hall–Kier alpha value is -3.32. The summed E-state index contributed by atoms with van der Waals surface area (Å²) in [5.41, 5.74) is 3.90. The first-order valence-electron chi connectivity index (χ1n) is 11.9. The molecule has 1 saturated heterocycles. The number of carbonyl (C=O) groups excluding carboxylic acids is 1. The quantitative estimate of drug-likeness (QED) is 0.559. The van der Waals surface area contributed by atoms with E-state index in [1.54, 1.807) is 18.2 Å². The molecule has 3 aromatic rings. The Morgan fingerprint density at radius 1 is 0.794 bits per heavy atom. The molecule has 6 nitrogen and oxygen atoms in total. The molecule has 1 N–H and O–H groups in total. The number of nitrogens with zero attached hydrogens (tertiary/aromatic N) is 2. The molecule has 2 heterocycles. The Bertz CT molecular complexity index is 1280. The highest BCUT2D eigenvalue weighted by Gasteiger charge is 2.29. The molecule has 0 saturated carbocycles. The van der Waals surface area contributed by atoms with Crippen LogP contribution in [-0.2, 0) is 16.4 Å². The van der Waals surface area contributed by atoms with Crippen molar-refractivity contribution in [2.24, 2.45) is 0 Å². The molecule has 34 heavy (non-hydrogen) atoms. The lowest BCUT2D eigenvalue weighted by Crippen LogP contribution is -2.35. The monoisotopic (exact) mass is 475 g/mol. The van der Waals surface area contributed by atoms with Gasteiger partial charge in [-0.05, 0) is 86.2 Å². The molecule has 0 aliphatic carbocycles. The lowest BCUT2D eigenvalue weighted by atomic mass is 10.0. The Morgan fingerprint density at radius 2 is 1.56 bits per heavy atom. The number of sulfonamides is 1. The van der Waals surface area contributed by atoms with E-state index in [-0.39, 0.29) is 10.8 Å². The van der Waals surface area contributed by atoms with E-state index >= 15 is 0 Å². The van der Waals surface area contributed by atoms with Gasteiger partial charge in [-0.15, -0.1) is 0 Å².